The van der Waals surface area contributed by atoms with Crippen LogP contribution in [0.3, 0.4) is 0 Å². The van der Waals surface area contributed by atoms with Crippen molar-refractivity contribution in [3.05, 3.63) is 65.7 Å². The standard InChI is InChI=1S/C20H23NO5/c1-24-14-19(22)21-18(20(23)25-2)12-15-8-10-17(11-9-15)26-13-16-6-4-3-5-7-16/h3-11,18H,12-14H2,1-2H3,(H,21,22)/t18-/m1/s1. The van der Waals surface area contributed by atoms with Gasteiger partial charge in [-0.1, -0.05) is 42.5 Å². The Balaban J connectivity index is 1.94. The average Bonchev–Trinajstić information content (AvgIpc) is 2.67. The number of hydrogen-bond acceptors (Lipinski definition) is 5. The monoisotopic (exact) mass is 357 g/mol. The number of amides is 1. The van der Waals surface area contributed by atoms with Crippen molar-refractivity contribution in [2.45, 2.75) is 19.1 Å². The number of carbonyl (C=O) groups excluding carboxylic acids is 2. The Morgan fingerprint density at radius 3 is 2.27 bits per heavy atom. The van der Waals surface area contributed by atoms with Crippen LogP contribution in [0.4, 0.5) is 0 Å². The Kier molecular flexibility index (Phi) is 7.64. The van der Waals surface area contributed by atoms with Gasteiger partial charge >= 0.3 is 5.97 Å². The molecule has 2 aromatic rings. The van der Waals surface area contributed by atoms with E-state index in [1.807, 2.05) is 54.6 Å². The van der Waals surface area contributed by atoms with E-state index in [1.165, 1.54) is 14.2 Å². The van der Waals surface area contributed by atoms with E-state index in [9.17, 15) is 9.59 Å². The molecule has 0 bridgehead atoms. The summed E-state index contributed by atoms with van der Waals surface area (Å²) in [7, 11) is 2.71. The minimum Gasteiger partial charge on any atom is -0.489 e. The first-order valence-corrected chi connectivity index (χ1v) is 8.24. The second-order valence-electron chi connectivity index (χ2n) is 5.70. The molecule has 0 unspecified atom stereocenters. The van der Waals surface area contributed by atoms with E-state index in [0.29, 0.717) is 13.0 Å². The minimum absolute atomic E-state index is 0.111. The number of hydrogen-bond donors (Lipinski definition) is 1. The number of nitrogens with one attached hydrogen (secondary N) is 1. The normalized spacial score (nSPS) is 11.5. The molecular weight excluding hydrogens is 334 g/mol. The molecule has 0 aliphatic carbocycles. The van der Waals surface area contributed by atoms with E-state index in [4.69, 9.17) is 14.2 Å². The van der Waals surface area contributed by atoms with Crippen LogP contribution in [0.1, 0.15) is 11.1 Å². The van der Waals surface area contributed by atoms with Gasteiger partial charge in [0.1, 0.15) is 25.0 Å². The van der Waals surface area contributed by atoms with Crippen LogP contribution in [-0.4, -0.2) is 38.7 Å². The van der Waals surface area contributed by atoms with E-state index in [0.717, 1.165) is 16.9 Å². The summed E-state index contributed by atoms with van der Waals surface area (Å²) in [5.41, 5.74) is 1.97. The predicted molar refractivity (Wildman–Crippen MR) is 96.7 cm³/mol. The SMILES string of the molecule is COCC(=O)N[C@H](Cc1ccc(OCc2ccccc2)cc1)C(=O)OC. The average molecular weight is 357 g/mol. The molecule has 26 heavy (non-hydrogen) atoms. The quantitative estimate of drug-likeness (QED) is 0.696. The van der Waals surface area contributed by atoms with E-state index in [1.54, 1.807) is 0 Å². The fourth-order valence-corrected chi connectivity index (χ4v) is 2.40. The molecule has 0 aliphatic heterocycles. The first kappa shape index (κ1) is 19.5. The number of methoxy groups -OCH3 is 2. The lowest BCUT2D eigenvalue weighted by Crippen LogP contribution is -2.44. The largest absolute Gasteiger partial charge is 0.489 e. The lowest BCUT2D eigenvalue weighted by Gasteiger charge is -2.16. The van der Waals surface area contributed by atoms with Gasteiger partial charge in [-0.3, -0.25) is 4.79 Å². The van der Waals surface area contributed by atoms with Crippen molar-refractivity contribution in [3.8, 4) is 5.75 Å². The van der Waals surface area contributed by atoms with E-state index in [-0.39, 0.29) is 12.5 Å². The van der Waals surface area contributed by atoms with Crippen LogP contribution in [-0.2, 0) is 32.1 Å². The highest BCUT2D eigenvalue weighted by molar-refractivity contribution is 5.85. The zero-order valence-corrected chi connectivity index (χ0v) is 14.9. The molecule has 1 N–H and O–H groups in total. The molecule has 1 atom stereocenters. The summed E-state index contributed by atoms with van der Waals surface area (Å²) in [5.74, 6) is -0.139. The van der Waals surface area contributed by atoms with Gasteiger partial charge < -0.3 is 19.5 Å². The van der Waals surface area contributed by atoms with Gasteiger partial charge in [-0.25, -0.2) is 4.79 Å². The molecule has 1 amide bonds. The van der Waals surface area contributed by atoms with Gasteiger partial charge in [-0.05, 0) is 23.3 Å². The number of carbonyl (C=O) groups is 2. The molecule has 0 saturated heterocycles. The molecule has 6 nitrogen and oxygen atoms in total. The van der Waals surface area contributed by atoms with Crippen molar-refractivity contribution in [3.63, 3.8) is 0 Å². The first-order chi connectivity index (χ1) is 12.6. The number of rotatable bonds is 9. The van der Waals surface area contributed by atoms with Crippen LogP contribution in [0.2, 0.25) is 0 Å². The van der Waals surface area contributed by atoms with Crippen molar-refractivity contribution in [2.75, 3.05) is 20.8 Å². The van der Waals surface area contributed by atoms with Crippen molar-refractivity contribution in [1.29, 1.82) is 0 Å². The molecule has 0 spiro atoms. The first-order valence-electron chi connectivity index (χ1n) is 8.24. The van der Waals surface area contributed by atoms with E-state index < -0.39 is 12.0 Å². The van der Waals surface area contributed by atoms with Gasteiger partial charge in [-0.2, -0.15) is 0 Å². The molecule has 0 aliphatic rings. The second-order valence-corrected chi connectivity index (χ2v) is 5.70. The Morgan fingerprint density at radius 1 is 0.962 bits per heavy atom. The van der Waals surface area contributed by atoms with Gasteiger partial charge in [0.2, 0.25) is 5.91 Å². The summed E-state index contributed by atoms with van der Waals surface area (Å²) < 4.78 is 15.3. The van der Waals surface area contributed by atoms with Crippen molar-refractivity contribution >= 4 is 11.9 Å². The number of benzene rings is 2. The van der Waals surface area contributed by atoms with Crippen LogP contribution in [0.25, 0.3) is 0 Å². The van der Waals surface area contributed by atoms with Crippen LogP contribution in [0.15, 0.2) is 54.6 Å². The van der Waals surface area contributed by atoms with Gasteiger partial charge in [0.05, 0.1) is 7.11 Å². The Morgan fingerprint density at radius 2 is 1.65 bits per heavy atom. The molecule has 6 heteroatoms. The highest BCUT2D eigenvalue weighted by atomic mass is 16.5. The highest BCUT2D eigenvalue weighted by Crippen LogP contribution is 2.15. The fraction of sp³-hybridized carbons (Fsp3) is 0.300. The van der Waals surface area contributed by atoms with Gasteiger partial charge in [-0.15, -0.1) is 0 Å². The summed E-state index contributed by atoms with van der Waals surface area (Å²) >= 11 is 0. The van der Waals surface area contributed by atoms with E-state index in [2.05, 4.69) is 5.32 Å². The zero-order chi connectivity index (χ0) is 18.8. The fourth-order valence-electron chi connectivity index (χ4n) is 2.40. The summed E-state index contributed by atoms with van der Waals surface area (Å²) in [6.07, 6.45) is 0.321. The Hall–Kier alpha value is -2.86. The topological polar surface area (TPSA) is 73.9 Å². The van der Waals surface area contributed by atoms with Gasteiger partial charge in [0.15, 0.2) is 0 Å². The lowest BCUT2D eigenvalue weighted by molar-refractivity contribution is -0.145. The number of ether oxygens (including phenoxy) is 3. The Labute approximate surface area is 153 Å². The molecule has 0 heterocycles. The molecule has 138 valence electrons. The Bertz CT molecular complexity index is 700. The van der Waals surface area contributed by atoms with Crippen LogP contribution in [0.5, 0.6) is 5.75 Å². The third kappa shape index (κ3) is 6.22. The van der Waals surface area contributed by atoms with Crippen LogP contribution in [0, 0.1) is 0 Å². The third-order valence-corrected chi connectivity index (χ3v) is 3.71. The smallest absolute Gasteiger partial charge is 0.328 e. The summed E-state index contributed by atoms with van der Waals surface area (Å²) in [6, 6.07) is 16.5. The van der Waals surface area contributed by atoms with Crippen LogP contribution < -0.4 is 10.1 Å². The van der Waals surface area contributed by atoms with Crippen molar-refractivity contribution in [1.82, 2.24) is 5.32 Å². The second kappa shape index (κ2) is 10.2. The van der Waals surface area contributed by atoms with Crippen molar-refractivity contribution in [2.24, 2.45) is 0 Å². The van der Waals surface area contributed by atoms with Gasteiger partial charge in [0.25, 0.3) is 0 Å². The molecule has 2 aromatic carbocycles. The molecule has 0 radical (unpaired) electrons. The molecule has 0 fully saturated rings. The molecule has 0 saturated carbocycles. The minimum atomic E-state index is -0.765. The zero-order valence-electron chi connectivity index (χ0n) is 14.9. The third-order valence-electron chi connectivity index (χ3n) is 3.71. The maximum absolute atomic E-state index is 11.9. The molecule has 0 aromatic heterocycles. The highest BCUT2D eigenvalue weighted by Gasteiger charge is 2.21. The predicted octanol–water partition coefficient (Wildman–Crippen LogP) is 2.11. The summed E-state index contributed by atoms with van der Waals surface area (Å²) in [6.45, 7) is 0.373. The van der Waals surface area contributed by atoms with Gasteiger partial charge in [0, 0.05) is 13.5 Å². The van der Waals surface area contributed by atoms with Crippen molar-refractivity contribution < 1.29 is 23.8 Å². The molecular formula is C20H23NO5. The molecule has 2 rings (SSSR count). The number of esters is 1. The maximum atomic E-state index is 11.9. The van der Waals surface area contributed by atoms with E-state index >= 15 is 0 Å². The summed E-state index contributed by atoms with van der Waals surface area (Å²) in [5, 5.41) is 2.61. The lowest BCUT2D eigenvalue weighted by atomic mass is 10.1. The summed E-state index contributed by atoms with van der Waals surface area (Å²) in [4.78, 5) is 23.6. The maximum Gasteiger partial charge on any atom is 0.328 e. The van der Waals surface area contributed by atoms with Crippen LogP contribution >= 0.6 is 0 Å².